The largest absolute Gasteiger partial charge is 0.480 e. The lowest BCUT2D eigenvalue weighted by Crippen LogP contribution is -2.44. The highest BCUT2D eigenvalue weighted by Crippen LogP contribution is 2.30. The van der Waals surface area contributed by atoms with E-state index in [0.717, 1.165) is 0 Å². The summed E-state index contributed by atoms with van der Waals surface area (Å²) in [7, 11) is 0. The Morgan fingerprint density at radius 1 is 1.17 bits per heavy atom. The van der Waals surface area contributed by atoms with E-state index in [-0.39, 0.29) is 11.6 Å². The molecule has 0 radical (unpaired) electrons. The Morgan fingerprint density at radius 3 is 2.40 bits per heavy atom. The maximum atomic E-state index is 12.9. The molecule has 2 heterocycles. The number of aromatic nitrogens is 3. The van der Waals surface area contributed by atoms with Crippen molar-refractivity contribution in [3.05, 3.63) is 63.0 Å². The smallest absolute Gasteiger partial charge is 0.326 e. The molecule has 0 saturated heterocycles. The second-order valence-electron chi connectivity index (χ2n) is 7.04. The summed E-state index contributed by atoms with van der Waals surface area (Å²) in [5.41, 5.74) is 1.05. The van der Waals surface area contributed by atoms with Crippen molar-refractivity contribution in [2.45, 2.75) is 26.8 Å². The van der Waals surface area contributed by atoms with Crippen LogP contribution in [0.3, 0.4) is 0 Å². The van der Waals surface area contributed by atoms with Gasteiger partial charge in [-0.3, -0.25) is 9.36 Å². The molecule has 30 heavy (non-hydrogen) atoms. The van der Waals surface area contributed by atoms with Crippen molar-refractivity contribution >= 4 is 46.7 Å². The molecule has 158 valence electrons. The first-order valence-electron chi connectivity index (χ1n) is 9.03. The van der Waals surface area contributed by atoms with E-state index in [1.54, 1.807) is 61.9 Å². The number of benzene rings is 1. The number of hydrogen-bond donors (Lipinski definition) is 2. The van der Waals surface area contributed by atoms with Crippen LogP contribution in [0.1, 0.15) is 29.9 Å². The first kappa shape index (κ1) is 22.2. The van der Waals surface area contributed by atoms with Gasteiger partial charge in [-0.25, -0.2) is 9.48 Å². The molecule has 7 nitrogen and oxygen atoms in total. The van der Waals surface area contributed by atoms with Crippen LogP contribution in [-0.4, -0.2) is 37.4 Å². The van der Waals surface area contributed by atoms with Gasteiger partial charge in [0.25, 0.3) is 5.91 Å². The van der Waals surface area contributed by atoms with Crippen molar-refractivity contribution < 1.29 is 14.7 Å². The van der Waals surface area contributed by atoms with Gasteiger partial charge in [-0.15, -0.1) is 0 Å². The van der Waals surface area contributed by atoms with Crippen molar-refractivity contribution in [3.8, 4) is 11.5 Å². The molecule has 0 unspecified atom stereocenters. The van der Waals surface area contributed by atoms with Gasteiger partial charge < -0.3 is 10.4 Å². The summed E-state index contributed by atoms with van der Waals surface area (Å²) >= 11 is 18.7. The van der Waals surface area contributed by atoms with Gasteiger partial charge in [-0.2, -0.15) is 5.10 Å². The predicted molar refractivity (Wildman–Crippen MR) is 116 cm³/mol. The van der Waals surface area contributed by atoms with Gasteiger partial charge in [-0.1, -0.05) is 48.7 Å². The molecule has 0 aliphatic rings. The predicted octanol–water partition coefficient (Wildman–Crippen LogP) is 4.77. The second-order valence-corrected chi connectivity index (χ2v) is 8.27. The Balaban J connectivity index is 2.17. The fourth-order valence-corrected chi connectivity index (χ4v) is 3.76. The quantitative estimate of drug-likeness (QED) is 0.544. The molecule has 2 N–H and O–H groups in total. The van der Waals surface area contributed by atoms with Gasteiger partial charge in [0.05, 0.1) is 10.7 Å². The van der Waals surface area contributed by atoms with Crippen LogP contribution in [0.25, 0.3) is 11.5 Å². The number of nitrogens with one attached hydrogen (secondary N) is 1. The van der Waals surface area contributed by atoms with E-state index in [0.29, 0.717) is 32.3 Å². The molecule has 1 amide bonds. The van der Waals surface area contributed by atoms with Crippen LogP contribution in [0.2, 0.25) is 15.2 Å². The van der Waals surface area contributed by atoms with Crippen molar-refractivity contribution in [3.63, 3.8) is 0 Å². The van der Waals surface area contributed by atoms with E-state index in [2.05, 4.69) is 10.4 Å². The number of aliphatic carboxylic acids is 1. The van der Waals surface area contributed by atoms with Gasteiger partial charge >= 0.3 is 5.97 Å². The van der Waals surface area contributed by atoms with E-state index in [1.807, 2.05) is 0 Å². The number of carbonyl (C=O) groups is 2. The lowest BCUT2D eigenvalue weighted by Gasteiger charge is -2.17. The fourth-order valence-electron chi connectivity index (χ4n) is 3.06. The van der Waals surface area contributed by atoms with Crippen LogP contribution in [0.15, 0.2) is 36.5 Å². The van der Waals surface area contributed by atoms with Crippen LogP contribution < -0.4 is 5.32 Å². The maximum Gasteiger partial charge on any atom is 0.326 e. The Labute approximate surface area is 188 Å². The molecule has 1 aromatic carbocycles. The average molecular weight is 470 g/mol. The number of carboxylic acid groups (broad SMARTS) is 1. The molecule has 0 saturated carbocycles. The van der Waals surface area contributed by atoms with Gasteiger partial charge in [0.15, 0.2) is 5.69 Å². The zero-order valence-corrected chi connectivity index (χ0v) is 18.6. The van der Waals surface area contributed by atoms with Crippen LogP contribution in [0, 0.1) is 12.8 Å². The van der Waals surface area contributed by atoms with Gasteiger partial charge in [0, 0.05) is 16.8 Å². The number of amides is 1. The second kappa shape index (κ2) is 8.71. The summed E-state index contributed by atoms with van der Waals surface area (Å²) in [6, 6.07) is 7.28. The molecule has 10 heteroatoms. The van der Waals surface area contributed by atoms with Crippen LogP contribution in [0.4, 0.5) is 0 Å². The van der Waals surface area contributed by atoms with Crippen molar-refractivity contribution in [2.75, 3.05) is 0 Å². The van der Waals surface area contributed by atoms with E-state index >= 15 is 0 Å². The summed E-state index contributed by atoms with van der Waals surface area (Å²) in [6.07, 6.45) is 1.72. The number of carboxylic acids is 1. The van der Waals surface area contributed by atoms with E-state index in [1.165, 1.54) is 4.68 Å². The molecule has 2 aromatic heterocycles. The first-order chi connectivity index (χ1) is 14.1. The normalized spacial score (nSPS) is 12.2. The minimum atomic E-state index is -1.12. The van der Waals surface area contributed by atoms with E-state index in [9.17, 15) is 14.7 Å². The zero-order chi connectivity index (χ0) is 22.2. The standard InChI is InChI=1S/C20H19Cl3N4O3/c1-10(2)16(20(29)30)24-18(28)17-11(3)19(26-8-4-5-15(26)23)27(25-17)14-7-6-12(21)9-13(14)22/h4-10,16H,1-3H3,(H,24,28)(H,29,30)/t16-/m0/s1. The first-order valence-corrected chi connectivity index (χ1v) is 10.2. The van der Waals surface area contributed by atoms with Crippen LogP contribution in [0.5, 0.6) is 0 Å². The molecule has 0 spiro atoms. The molecular weight excluding hydrogens is 451 g/mol. The monoisotopic (exact) mass is 468 g/mol. The molecule has 0 aliphatic heterocycles. The number of carbonyl (C=O) groups excluding carboxylic acids is 1. The molecular formula is C20H19Cl3N4O3. The molecule has 0 aliphatic carbocycles. The SMILES string of the molecule is Cc1c(C(=O)N[C@H](C(=O)O)C(C)C)nn(-c2ccc(Cl)cc2Cl)c1-n1cccc1Cl. The highest BCUT2D eigenvalue weighted by atomic mass is 35.5. The minimum Gasteiger partial charge on any atom is -0.480 e. The highest BCUT2D eigenvalue weighted by Gasteiger charge is 2.29. The zero-order valence-electron chi connectivity index (χ0n) is 16.4. The molecule has 3 aromatic rings. The summed E-state index contributed by atoms with van der Waals surface area (Å²) in [4.78, 5) is 24.4. The van der Waals surface area contributed by atoms with Gasteiger partial charge in [0.1, 0.15) is 17.0 Å². The average Bonchev–Trinajstić information content (AvgIpc) is 3.21. The third-order valence-corrected chi connectivity index (χ3v) is 5.44. The Hall–Kier alpha value is -2.48. The van der Waals surface area contributed by atoms with Crippen molar-refractivity contribution in [1.29, 1.82) is 0 Å². The molecule has 0 bridgehead atoms. The Kier molecular flexibility index (Phi) is 6.45. The number of hydrogen-bond acceptors (Lipinski definition) is 3. The summed E-state index contributed by atoms with van der Waals surface area (Å²) < 4.78 is 3.14. The summed E-state index contributed by atoms with van der Waals surface area (Å²) in [5.74, 6) is -1.54. The highest BCUT2D eigenvalue weighted by molar-refractivity contribution is 6.35. The van der Waals surface area contributed by atoms with E-state index in [4.69, 9.17) is 34.8 Å². The molecule has 0 fully saturated rings. The van der Waals surface area contributed by atoms with Crippen LogP contribution in [-0.2, 0) is 4.79 Å². The Morgan fingerprint density at radius 2 is 1.87 bits per heavy atom. The molecule has 1 atom stereocenters. The number of halogens is 3. The summed E-state index contributed by atoms with van der Waals surface area (Å²) in [6.45, 7) is 5.13. The molecule has 3 rings (SSSR count). The maximum absolute atomic E-state index is 12.9. The number of rotatable bonds is 6. The summed E-state index contributed by atoms with van der Waals surface area (Å²) in [5, 5.41) is 17.6. The lowest BCUT2D eigenvalue weighted by atomic mass is 10.0. The topological polar surface area (TPSA) is 89.2 Å². The Bertz CT molecular complexity index is 1120. The third kappa shape index (κ3) is 4.19. The van der Waals surface area contributed by atoms with Crippen molar-refractivity contribution in [1.82, 2.24) is 19.7 Å². The van der Waals surface area contributed by atoms with Crippen LogP contribution >= 0.6 is 34.8 Å². The van der Waals surface area contributed by atoms with Gasteiger partial charge in [0.2, 0.25) is 0 Å². The van der Waals surface area contributed by atoms with Crippen molar-refractivity contribution in [2.24, 2.45) is 5.92 Å². The minimum absolute atomic E-state index is 0.0627. The number of nitrogens with zero attached hydrogens (tertiary/aromatic N) is 3. The third-order valence-electron chi connectivity index (χ3n) is 4.59. The van der Waals surface area contributed by atoms with Gasteiger partial charge in [-0.05, 0) is 43.2 Å². The fraction of sp³-hybridized carbons (Fsp3) is 0.250. The lowest BCUT2D eigenvalue weighted by molar-refractivity contribution is -0.140. The van der Waals surface area contributed by atoms with E-state index < -0.39 is 17.9 Å².